The summed E-state index contributed by atoms with van der Waals surface area (Å²) in [6.07, 6.45) is 5.49. The van der Waals surface area contributed by atoms with Crippen molar-refractivity contribution in [1.82, 2.24) is 9.55 Å². The first kappa shape index (κ1) is 13.8. The van der Waals surface area contributed by atoms with Gasteiger partial charge in [-0.2, -0.15) is 4.98 Å². The molecule has 0 aliphatic heterocycles. The highest BCUT2D eigenvalue weighted by atomic mass is 16.4. The lowest BCUT2D eigenvalue weighted by Gasteiger charge is -2.14. The van der Waals surface area contributed by atoms with Gasteiger partial charge in [0, 0.05) is 18.7 Å². The molecule has 5 nitrogen and oxygen atoms in total. The van der Waals surface area contributed by atoms with Crippen LogP contribution in [0, 0.1) is 5.92 Å². The number of carbonyl (C=O) groups is 1. The average Bonchev–Trinajstić information content (AvgIpc) is 2.83. The van der Waals surface area contributed by atoms with E-state index >= 15 is 0 Å². The van der Waals surface area contributed by atoms with Crippen LogP contribution in [0.25, 0.3) is 0 Å². The summed E-state index contributed by atoms with van der Waals surface area (Å²) in [5.74, 6) is -0.585. The largest absolute Gasteiger partial charge is 0.478 e. The number of aromatic nitrogens is 2. The molecular weight excluding hydrogens is 244 g/mol. The van der Waals surface area contributed by atoms with Crippen LogP contribution >= 0.6 is 0 Å². The molecule has 5 heteroatoms. The molecular formula is C14H20N2O3. The standard InChI is InChI=1S/C14H20N2O3/c1-9(2)7-16-8-11(13(17)18)12(15-14(16)19)10-5-3-4-6-10/h8-10H,3-7H2,1-2H3,(H,17,18). The molecule has 0 saturated heterocycles. The van der Waals surface area contributed by atoms with Crippen molar-refractivity contribution in [3.63, 3.8) is 0 Å². The van der Waals surface area contributed by atoms with Gasteiger partial charge >= 0.3 is 11.7 Å². The van der Waals surface area contributed by atoms with Gasteiger partial charge in [-0.05, 0) is 18.8 Å². The summed E-state index contributed by atoms with van der Waals surface area (Å²) >= 11 is 0. The molecule has 1 saturated carbocycles. The number of carboxylic acid groups (broad SMARTS) is 1. The summed E-state index contributed by atoms with van der Waals surface area (Å²) in [4.78, 5) is 27.4. The predicted molar refractivity (Wildman–Crippen MR) is 71.5 cm³/mol. The third kappa shape index (κ3) is 3.03. The summed E-state index contributed by atoms with van der Waals surface area (Å²) in [7, 11) is 0. The van der Waals surface area contributed by atoms with Crippen molar-refractivity contribution < 1.29 is 9.90 Å². The maximum absolute atomic E-state index is 12.0. The lowest BCUT2D eigenvalue weighted by molar-refractivity contribution is 0.0693. The monoisotopic (exact) mass is 264 g/mol. The lowest BCUT2D eigenvalue weighted by atomic mass is 9.99. The number of aromatic carboxylic acids is 1. The van der Waals surface area contributed by atoms with Crippen LogP contribution in [0.15, 0.2) is 11.0 Å². The molecule has 0 unspecified atom stereocenters. The van der Waals surface area contributed by atoms with Crippen molar-refractivity contribution in [2.45, 2.75) is 52.0 Å². The minimum Gasteiger partial charge on any atom is -0.478 e. The molecule has 0 aromatic carbocycles. The van der Waals surface area contributed by atoms with Gasteiger partial charge in [0.05, 0.1) is 11.3 Å². The number of rotatable bonds is 4. The molecule has 104 valence electrons. The van der Waals surface area contributed by atoms with Gasteiger partial charge in [-0.1, -0.05) is 26.7 Å². The van der Waals surface area contributed by atoms with Gasteiger partial charge in [-0.15, -0.1) is 0 Å². The van der Waals surface area contributed by atoms with Crippen LogP contribution in [0.5, 0.6) is 0 Å². The smallest absolute Gasteiger partial charge is 0.347 e. The normalized spacial score (nSPS) is 16.2. The van der Waals surface area contributed by atoms with Crippen molar-refractivity contribution in [3.05, 3.63) is 27.9 Å². The van der Waals surface area contributed by atoms with Crippen LogP contribution in [-0.2, 0) is 6.54 Å². The van der Waals surface area contributed by atoms with Crippen LogP contribution in [0.2, 0.25) is 0 Å². The maximum Gasteiger partial charge on any atom is 0.347 e. The van der Waals surface area contributed by atoms with Gasteiger partial charge in [-0.3, -0.25) is 4.57 Å². The second-order valence-corrected chi connectivity index (χ2v) is 5.66. The molecule has 1 aromatic rings. The molecule has 1 fully saturated rings. The highest BCUT2D eigenvalue weighted by Crippen LogP contribution is 2.34. The van der Waals surface area contributed by atoms with Crippen LogP contribution in [0.3, 0.4) is 0 Å². The Bertz CT molecular complexity index is 528. The summed E-state index contributed by atoms with van der Waals surface area (Å²) in [5, 5.41) is 9.32. The first-order valence-electron chi connectivity index (χ1n) is 6.83. The van der Waals surface area contributed by atoms with E-state index in [1.165, 1.54) is 10.8 Å². The highest BCUT2D eigenvalue weighted by Gasteiger charge is 2.25. The van der Waals surface area contributed by atoms with Gasteiger partial charge < -0.3 is 5.11 Å². The van der Waals surface area contributed by atoms with E-state index in [2.05, 4.69) is 4.98 Å². The van der Waals surface area contributed by atoms with E-state index in [1.807, 2.05) is 13.8 Å². The fourth-order valence-electron chi connectivity index (χ4n) is 2.70. The molecule has 1 N–H and O–H groups in total. The Morgan fingerprint density at radius 1 is 1.47 bits per heavy atom. The second kappa shape index (κ2) is 5.55. The first-order valence-corrected chi connectivity index (χ1v) is 6.83. The SMILES string of the molecule is CC(C)Cn1cc(C(=O)O)c(C2CCCC2)nc1=O. The predicted octanol–water partition coefficient (Wildman–Crippen LogP) is 2.26. The Morgan fingerprint density at radius 2 is 2.11 bits per heavy atom. The Morgan fingerprint density at radius 3 is 2.63 bits per heavy atom. The molecule has 19 heavy (non-hydrogen) atoms. The van der Waals surface area contributed by atoms with Crippen molar-refractivity contribution in [2.75, 3.05) is 0 Å². The van der Waals surface area contributed by atoms with Gasteiger partial charge in [-0.25, -0.2) is 9.59 Å². The molecule has 1 aliphatic rings. The first-order chi connectivity index (χ1) is 8.99. The van der Waals surface area contributed by atoms with E-state index < -0.39 is 5.97 Å². The van der Waals surface area contributed by atoms with Crippen LogP contribution in [-0.4, -0.2) is 20.6 Å². The molecule has 1 aliphatic carbocycles. The van der Waals surface area contributed by atoms with Gasteiger partial charge in [0.2, 0.25) is 0 Å². The average molecular weight is 264 g/mol. The fourth-order valence-corrected chi connectivity index (χ4v) is 2.70. The second-order valence-electron chi connectivity index (χ2n) is 5.66. The van der Waals surface area contributed by atoms with Crippen molar-refractivity contribution in [1.29, 1.82) is 0 Å². The maximum atomic E-state index is 12.0. The number of nitrogens with zero attached hydrogens (tertiary/aromatic N) is 2. The van der Waals surface area contributed by atoms with E-state index in [0.29, 0.717) is 12.2 Å². The van der Waals surface area contributed by atoms with E-state index in [9.17, 15) is 14.7 Å². The Hall–Kier alpha value is -1.65. The molecule has 0 amide bonds. The van der Waals surface area contributed by atoms with E-state index in [4.69, 9.17) is 0 Å². The zero-order valence-corrected chi connectivity index (χ0v) is 11.4. The third-order valence-electron chi connectivity index (χ3n) is 3.56. The van der Waals surface area contributed by atoms with Crippen LogP contribution in [0.1, 0.15) is 61.5 Å². The van der Waals surface area contributed by atoms with Crippen molar-refractivity contribution >= 4 is 5.97 Å². The quantitative estimate of drug-likeness (QED) is 0.905. The van der Waals surface area contributed by atoms with Crippen molar-refractivity contribution in [3.8, 4) is 0 Å². The molecule has 0 spiro atoms. The number of hydrogen-bond donors (Lipinski definition) is 1. The summed E-state index contributed by atoms with van der Waals surface area (Å²) in [5.41, 5.74) is 0.336. The van der Waals surface area contributed by atoms with Crippen LogP contribution < -0.4 is 5.69 Å². The number of hydrogen-bond acceptors (Lipinski definition) is 3. The molecule has 2 rings (SSSR count). The summed E-state index contributed by atoms with van der Waals surface area (Å²) in [6, 6.07) is 0. The van der Waals surface area contributed by atoms with Gasteiger partial charge in [0.15, 0.2) is 0 Å². The van der Waals surface area contributed by atoms with E-state index in [0.717, 1.165) is 25.7 Å². The number of carboxylic acids is 1. The Labute approximate surface area is 112 Å². The minimum absolute atomic E-state index is 0.132. The zero-order valence-electron chi connectivity index (χ0n) is 11.4. The Kier molecular flexibility index (Phi) is 4.02. The van der Waals surface area contributed by atoms with E-state index in [-0.39, 0.29) is 23.1 Å². The van der Waals surface area contributed by atoms with Crippen molar-refractivity contribution in [2.24, 2.45) is 5.92 Å². The topological polar surface area (TPSA) is 72.2 Å². The molecule has 0 atom stereocenters. The summed E-state index contributed by atoms with van der Waals surface area (Å²) < 4.78 is 1.41. The Balaban J connectivity index is 2.45. The zero-order chi connectivity index (χ0) is 14.0. The molecule has 1 aromatic heterocycles. The lowest BCUT2D eigenvalue weighted by Crippen LogP contribution is -2.28. The molecule has 1 heterocycles. The molecule has 0 bridgehead atoms. The fraction of sp³-hybridized carbons (Fsp3) is 0.643. The van der Waals surface area contributed by atoms with Crippen LogP contribution in [0.4, 0.5) is 0 Å². The molecule has 0 radical (unpaired) electrons. The van der Waals surface area contributed by atoms with Gasteiger partial charge in [0.1, 0.15) is 0 Å². The highest BCUT2D eigenvalue weighted by molar-refractivity contribution is 5.88. The van der Waals surface area contributed by atoms with E-state index in [1.54, 1.807) is 0 Å². The van der Waals surface area contributed by atoms with Gasteiger partial charge in [0.25, 0.3) is 0 Å². The third-order valence-corrected chi connectivity index (χ3v) is 3.56. The minimum atomic E-state index is -0.994. The summed E-state index contributed by atoms with van der Waals surface area (Å²) in [6.45, 7) is 4.46.